The van der Waals surface area contributed by atoms with E-state index in [1.807, 2.05) is 11.6 Å². The van der Waals surface area contributed by atoms with Crippen LogP contribution >= 0.6 is 0 Å². The Bertz CT molecular complexity index is 966. The van der Waals surface area contributed by atoms with E-state index in [2.05, 4.69) is 23.8 Å². The summed E-state index contributed by atoms with van der Waals surface area (Å²) in [7, 11) is 0. The highest BCUT2D eigenvalue weighted by Gasteiger charge is 2.32. The Labute approximate surface area is 150 Å². The van der Waals surface area contributed by atoms with Crippen LogP contribution in [0.25, 0.3) is 11.6 Å². The molecule has 8 nitrogen and oxygen atoms in total. The van der Waals surface area contributed by atoms with Gasteiger partial charge in [0.2, 0.25) is 11.7 Å². The van der Waals surface area contributed by atoms with Gasteiger partial charge in [0.05, 0.1) is 18.4 Å². The van der Waals surface area contributed by atoms with Crippen molar-refractivity contribution < 1.29 is 13.6 Å². The molecule has 0 saturated carbocycles. The van der Waals surface area contributed by atoms with Gasteiger partial charge < -0.3 is 13.7 Å². The molecule has 1 amide bonds. The summed E-state index contributed by atoms with van der Waals surface area (Å²) in [6.45, 7) is 8.85. The Morgan fingerprint density at radius 1 is 1.27 bits per heavy atom. The molecule has 1 aliphatic heterocycles. The van der Waals surface area contributed by atoms with Crippen LogP contribution in [-0.4, -0.2) is 37.1 Å². The molecule has 3 aromatic rings. The van der Waals surface area contributed by atoms with Crippen molar-refractivity contribution in [1.29, 1.82) is 0 Å². The number of carbonyl (C=O) groups is 1. The number of aromatic nitrogens is 4. The molecule has 26 heavy (non-hydrogen) atoms. The molecule has 0 radical (unpaired) electrons. The molecule has 4 rings (SSSR count). The van der Waals surface area contributed by atoms with E-state index in [-0.39, 0.29) is 11.9 Å². The fraction of sp³-hybridized carbons (Fsp3) is 0.444. The average molecular weight is 355 g/mol. The zero-order valence-electron chi connectivity index (χ0n) is 15.3. The third-order valence-electron chi connectivity index (χ3n) is 4.63. The fourth-order valence-electron chi connectivity index (χ4n) is 3.33. The van der Waals surface area contributed by atoms with E-state index < -0.39 is 0 Å². The minimum atomic E-state index is -0.155. The first-order valence-electron chi connectivity index (χ1n) is 8.68. The summed E-state index contributed by atoms with van der Waals surface area (Å²) in [5.41, 5.74) is 3.41. The van der Waals surface area contributed by atoms with Gasteiger partial charge in [0.15, 0.2) is 12.1 Å². The SMILES string of the molecule is Cc1cnc(-c2nn(C(C)C)c3c2CN(C(=O)c2ocnc2C)CC3)o1. The standard InChI is InChI=1S/C18H21N5O3/c1-10(2)23-14-5-6-22(18(24)16-12(4)20-9-25-16)8-13(14)15(21-23)17-19-7-11(3)26-17/h7,9-10H,5-6,8H2,1-4H3. The van der Waals surface area contributed by atoms with Crippen LogP contribution in [0.4, 0.5) is 0 Å². The lowest BCUT2D eigenvalue weighted by molar-refractivity contribution is 0.0700. The normalized spacial score (nSPS) is 14.1. The molecular formula is C18H21N5O3. The largest absolute Gasteiger partial charge is 0.440 e. The summed E-state index contributed by atoms with van der Waals surface area (Å²) in [6, 6.07) is 0.215. The third kappa shape index (κ3) is 2.61. The maximum atomic E-state index is 12.8. The average Bonchev–Trinajstić information content (AvgIpc) is 3.31. The van der Waals surface area contributed by atoms with Crippen LogP contribution in [0.2, 0.25) is 0 Å². The monoisotopic (exact) mass is 355 g/mol. The second kappa shape index (κ2) is 6.12. The van der Waals surface area contributed by atoms with Crippen LogP contribution in [0.15, 0.2) is 21.4 Å². The molecule has 0 bridgehead atoms. The fourth-order valence-corrected chi connectivity index (χ4v) is 3.33. The molecule has 0 aliphatic carbocycles. The predicted octanol–water partition coefficient (Wildman–Crippen LogP) is 2.92. The predicted molar refractivity (Wildman–Crippen MR) is 92.5 cm³/mol. The molecule has 4 heterocycles. The molecule has 1 aliphatic rings. The summed E-state index contributed by atoms with van der Waals surface area (Å²) in [5.74, 6) is 1.35. The number of carbonyl (C=O) groups excluding carboxylic acids is 1. The van der Waals surface area contributed by atoms with Crippen LogP contribution in [0.1, 0.15) is 53.2 Å². The summed E-state index contributed by atoms with van der Waals surface area (Å²) in [5, 5.41) is 4.74. The first kappa shape index (κ1) is 16.6. The summed E-state index contributed by atoms with van der Waals surface area (Å²) >= 11 is 0. The Hall–Kier alpha value is -2.90. The topological polar surface area (TPSA) is 90.2 Å². The first-order chi connectivity index (χ1) is 12.5. The minimum Gasteiger partial charge on any atom is -0.440 e. The lowest BCUT2D eigenvalue weighted by Crippen LogP contribution is -2.36. The Morgan fingerprint density at radius 3 is 2.69 bits per heavy atom. The molecule has 0 unspecified atom stereocenters. The Balaban J connectivity index is 1.73. The summed E-state index contributed by atoms with van der Waals surface area (Å²) in [6.07, 6.45) is 3.70. The smallest absolute Gasteiger partial charge is 0.291 e. The van der Waals surface area contributed by atoms with Gasteiger partial charge in [0.1, 0.15) is 5.76 Å². The number of hydrogen-bond acceptors (Lipinski definition) is 6. The highest BCUT2D eigenvalue weighted by Crippen LogP contribution is 2.32. The van der Waals surface area contributed by atoms with E-state index in [1.54, 1.807) is 18.0 Å². The van der Waals surface area contributed by atoms with Crippen molar-refractivity contribution in [3.63, 3.8) is 0 Å². The molecule has 3 aromatic heterocycles. The first-order valence-corrected chi connectivity index (χ1v) is 8.68. The summed E-state index contributed by atoms with van der Waals surface area (Å²) in [4.78, 5) is 22.9. The molecule has 0 fully saturated rings. The van der Waals surface area contributed by atoms with Gasteiger partial charge in [-0.3, -0.25) is 9.48 Å². The van der Waals surface area contributed by atoms with Crippen molar-refractivity contribution in [3.8, 4) is 11.6 Å². The van der Waals surface area contributed by atoms with E-state index >= 15 is 0 Å². The van der Waals surface area contributed by atoms with Crippen molar-refractivity contribution in [2.45, 2.75) is 46.7 Å². The lowest BCUT2D eigenvalue weighted by atomic mass is 10.0. The second-order valence-corrected chi connectivity index (χ2v) is 6.83. The number of oxazole rings is 2. The maximum Gasteiger partial charge on any atom is 0.291 e. The van der Waals surface area contributed by atoms with Crippen LogP contribution in [-0.2, 0) is 13.0 Å². The van der Waals surface area contributed by atoms with Gasteiger partial charge in [-0.2, -0.15) is 5.10 Å². The van der Waals surface area contributed by atoms with Crippen molar-refractivity contribution in [2.75, 3.05) is 6.54 Å². The number of aryl methyl sites for hydroxylation is 2. The van der Waals surface area contributed by atoms with E-state index in [1.165, 1.54) is 6.39 Å². The minimum absolute atomic E-state index is 0.155. The highest BCUT2D eigenvalue weighted by atomic mass is 16.4. The second-order valence-electron chi connectivity index (χ2n) is 6.83. The quantitative estimate of drug-likeness (QED) is 0.717. The van der Waals surface area contributed by atoms with Crippen molar-refractivity contribution in [2.24, 2.45) is 0 Å². The molecule has 0 spiro atoms. The van der Waals surface area contributed by atoms with E-state index in [0.29, 0.717) is 36.1 Å². The molecule has 0 saturated heterocycles. The third-order valence-corrected chi connectivity index (χ3v) is 4.63. The Morgan fingerprint density at radius 2 is 2.08 bits per heavy atom. The van der Waals surface area contributed by atoms with Gasteiger partial charge in [-0.1, -0.05) is 0 Å². The van der Waals surface area contributed by atoms with E-state index in [4.69, 9.17) is 13.9 Å². The van der Waals surface area contributed by atoms with Crippen molar-refractivity contribution in [3.05, 3.63) is 41.1 Å². The van der Waals surface area contributed by atoms with Gasteiger partial charge in [-0.05, 0) is 27.7 Å². The number of hydrogen-bond donors (Lipinski definition) is 0. The van der Waals surface area contributed by atoms with Crippen molar-refractivity contribution in [1.82, 2.24) is 24.6 Å². The molecular weight excluding hydrogens is 334 g/mol. The van der Waals surface area contributed by atoms with Crippen LogP contribution in [0.3, 0.4) is 0 Å². The number of rotatable bonds is 3. The van der Waals surface area contributed by atoms with Crippen molar-refractivity contribution >= 4 is 5.91 Å². The van der Waals surface area contributed by atoms with Gasteiger partial charge in [0, 0.05) is 30.3 Å². The van der Waals surface area contributed by atoms with E-state index in [9.17, 15) is 4.79 Å². The zero-order valence-corrected chi connectivity index (χ0v) is 15.3. The van der Waals surface area contributed by atoms with Gasteiger partial charge in [0.25, 0.3) is 5.91 Å². The van der Waals surface area contributed by atoms with Crippen LogP contribution in [0, 0.1) is 13.8 Å². The number of nitrogens with zero attached hydrogens (tertiary/aromatic N) is 5. The number of amides is 1. The zero-order chi connectivity index (χ0) is 18.4. The molecule has 0 N–H and O–H groups in total. The molecule has 8 heteroatoms. The lowest BCUT2D eigenvalue weighted by Gasteiger charge is -2.27. The molecule has 0 aromatic carbocycles. The van der Waals surface area contributed by atoms with Gasteiger partial charge in [-0.15, -0.1) is 0 Å². The maximum absolute atomic E-state index is 12.8. The Kier molecular flexibility index (Phi) is 3.90. The molecule has 136 valence electrons. The molecule has 0 atom stereocenters. The highest BCUT2D eigenvalue weighted by molar-refractivity contribution is 5.92. The van der Waals surface area contributed by atoms with E-state index in [0.717, 1.165) is 23.4 Å². The van der Waals surface area contributed by atoms with Crippen LogP contribution in [0.5, 0.6) is 0 Å². The van der Waals surface area contributed by atoms with Gasteiger partial charge in [-0.25, -0.2) is 9.97 Å². The summed E-state index contributed by atoms with van der Waals surface area (Å²) < 4.78 is 13.0. The van der Waals surface area contributed by atoms with Crippen LogP contribution < -0.4 is 0 Å². The number of fused-ring (bicyclic) bond motifs is 1. The van der Waals surface area contributed by atoms with Gasteiger partial charge >= 0.3 is 0 Å².